The maximum absolute atomic E-state index is 13.0. The molecule has 8 aromatic carbocycles. The van der Waals surface area contributed by atoms with Gasteiger partial charge in [-0.05, 0) is 179 Å². The molecule has 0 fully saturated rings. The highest BCUT2D eigenvalue weighted by molar-refractivity contribution is 6.10. The van der Waals surface area contributed by atoms with E-state index in [4.69, 9.17) is 37.9 Å². The standard InChI is InChI=1S/C72H68O12/c1-3-67(73)81-47-13-11-43-77-59-35-25-55(26-36-59)71(75)83-61-31-19-51(20-32-61)15-17-53-23-39-63-57(49-53)29-41-65-69(63)70-64-40-24-54(50-58(64)30-42-66(70)80-46-10-8-6-5-7-9-45-79-65)18-16-52-21-33-62(34-22-52)84-72(76)56-27-37-60(38-28-56)78-44-12-14-48-82-68(74)4-2/h3-4,15-42,49-50H,1-2,5-14,43-48H2/b17-15-,18-16-. The topological polar surface area (TPSA) is 142 Å². The maximum atomic E-state index is 13.0. The third-order valence-electron chi connectivity index (χ3n) is 14.0. The second-order valence-corrected chi connectivity index (χ2v) is 20.1. The molecule has 0 aliphatic carbocycles. The molecule has 0 radical (unpaired) electrons. The van der Waals surface area contributed by atoms with Crippen LogP contribution in [0.2, 0.25) is 0 Å². The second kappa shape index (κ2) is 30.4. The smallest absolute Gasteiger partial charge is 0.343 e. The number of unbranched alkanes of at least 4 members (excludes halogenated alkanes) is 2. The van der Waals surface area contributed by atoms with E-state index < -0.39 is 23.9 Å². The Hall–Kier alpha value is -9.68. The lowest BCUT2D eigenvalue weighted by molar-refractivity contribution is -0.138. The molecule has 0 saturated carbocycles. The zero-order valence-corrected chi connectivity index (χ0v) is 47.1. The van der Waals surface area contributed by atoms with E-state index in [0.717, 1.165) is 104 Å². The molecule has 1 aliphatic heterocycles. The molecule has 0 saturated heterocycles. The molecule has 1 heterocycles. The lowest BCUT2D eigenvalue weighted by Crippen LogP contribution is -2.08. The summed E-state index contributed by atoms with van der Waals surface area (Å²) >= 11 is 0. The van der Waals surface area contributed by atoms with E-state index in [1.807, 2.05) is 36.4 Å². The van der Waals surface area contributed by atoms with Crippen molar-refractivity contribution in [2.75, 3.05) is 39.6 Å². The van der Waals surface area contributed by atoms with Crippen LogP contribution in [0.1, 0.15) is 107 Å². The highest BCUT2D eigenvalue weighted by Gasteiger charge is 2.21. The Morgan fingerprint density at radius 3 is 1.15 bits per heavy atom. The van der Waals surface area contributed by atoms with Crippen LogP contribution in [0.25, 0.3) is 57.0 Å². The molecule has 1 aliphatic rings. The molecule has 0 unspecified atom stereocenters. The summed E-state index contributed by atoms with van der Waals surface area (Å²) in [6.07, 6.45) is 19.8. The molecule has 0 amide bonds. The third-order valence-corrected chi connectivity index (χ3v) is 14.0. The minimum absolute atomic E-state index is 0.306. The number of benzene rings is 8. The van der Waals surface area contributed by atoms with Gasteiger partial charge in [0.25, 0.3) is 0 Å². The minimum Gasteiger partial charge on any atom is -0.494 e. The summed E-state index contributed by atoms with van der Waals surface area (Å²) in [4.78, 5) is 48.4. The Balaban J connectivity index is 0.860. The first-order valence-electron chi connectivity index (χ1n) is 28.6. The van der Waals surface area contributed by atoms with Gasteiger partial charge in [-0.3, -0.25) is 0 Å². The quantitative estimate of drug-likeness (QED) is 0.0210. The lowest BCUT2D eigenvalue weighted by Gasteiger charge is -2.20. The summed E-state index contributed by atoms with van der Waals surface area (Å²) in [7, 11) is 0. The summed E-state index contributed by atoms with van der Waals surface area (Å²) in [5.41, 5.74) is 6.72. The molecule has 12 nitrogen and oxygen atoms in total. The van der Waals surface area contributed by atoms with Gasteiger partial charge in [0.1, 0.15) is 34.5 Å². The molecular formula is C72H68O12. The van der Waals surface area contributed by atoms with Crippen molar-refractivity contribution in [1.29, 1.82) is 0 Å². The first kappa shape index (κ1) is 59.0. The average molecular weight is 1130 g/mol. The summed E-state index contributed by atoms with van der Waals surface area (Å²) in [5.74, 6) is 1.93. The van der Waals surface area contributed by atoms with Gasteiger partial charge < -0.3 is 37.9 Å². The predicted octanol–water partition coefficient (Wildman–Crippen LogP) is 16.3. The van der Waals surface area contributed by atoms with Crippen molar-refractivity contribution in [3.63, 3.8) is 0 Å². The van der Waals surface area contributed by atoms with E-state index in [1.54, 1.807) is 72.8 Å². The van der Waals surface area contributed by atoms with Crippen molar-refractivity contribution >= 4 is 69.7 Å². The van der Waals surface area contributed by atoms with Gasteiger partial charge >= 0.3 is 23.9 Å². The van der Waals surface area contributed by atoms with Gasteiger partial charge in [-0.25, -0.2) is 19.2 Å². The van der Waals surface area contributed by atoms with Crippen molar-refractivity contribution < 1.29 is 57.1 Å². The van der Waals surface area contributed by atoms with Crippen LogP contribution in [0.15, 0.2) is 183 Å². The molecule has 0 aromatic heterocycles. The summed E-state index contributed by atoms with van der Waals surface area (Å²) in [6.45, 7) is 9.52. The van der Waals surface area contributed by atoms with Gasteiger partial charge in [0, 0.05) is 23.3 Å². The number of carbonyl (C=O) groups is 4. The number of esters is 4. The molecule has 0 bridgehead atoms. The molecule has 0 spiro atoms. The number of ether oxygens (including phenoxy) is 8. The summed E-state index contributed by atoms with van der Waals surface area (Å²) < 4.78 is 46.3. The van der Waals surface area contributed by atoms with Crippen molar-refractivity contribution in [2.45, 2.75) is 64.2 Å². The van der Waals surface area contributed by atoms with Crippen molar-refractivity contribution in [3.05, 3.63) is 216 Å². The SMILES string of the molecule is C=CC(=O)OCCCCOc1ccc(C(=O)Oc2ccc(/C=C\c3ccc4c5c(ccc4c3)OCCCCCCCCOc3ccc4cc(/C=C\c6ccc(OC(=O)c7ccc(OCCCCOC(=O)C=C)cc7)cc6)ccc4c3-5)cc2)cc1. The molecule has 12 heteroatoms. The Morgan fingerprint density at radius 2 is 0.750 bits per heavy atom. The maximum Gasteiger partial charge on any atom is 0.343 e. The number of fused-ring (bicyclic) bond motifs is 7. The molecular weight excluding hydrogens is 1060 g/mol. The zero-order chi connectivity index (χ0) is 58.3. The van der Waals surface area contributed by atoms with E-state index in [0.29, 0.717) is 99.4 Å². The van der Waals surface area contributed by atoms with Crippen LogP contribution in [0.5, 0.6) is 34.5 Å². The fourth-order valence-corrected chi connectivity index (χ4v) is 9.53. The van der Waals surface area contributed by atoms with Gasteiger partial charge in [0.15, 0.2) is 0 Å². The van der Waals surface area contributed by atoms with E-state index >= 15 is 0 Å². The fourth-order valence-electron chi connectivity index (χ4n) is 9.53. The second-order valence-electron chi connectivity index (χ2n) is 20.1. The van der Waals surface area contributed by atoms with Crippen molar-refractivity contribution in [3.8, 4) is 45.6 Å². The number of carbonyl (C=O) groups excluding carboxylic acids is 4. The van der Waals surface area contributed by atoms with E-state index in [-0.39, 0.29) is 0 Å². The van der Waals surface area contributed by atoms with Gasteiger partial charge in [0.2, 0.25) is 0 Å². The number of hydrogen-bond donors (Lipinski definition) is 0. The summed E-state index contributed by atoms with van der Waals surface area (Å²) in [6, 6.07) is 49.8. The Kier molecular flexibility index (Phi) is 21.3. The van der Waals surface area contributed by atoms with Gasteiger partial charge in [-0.15, -0.1) is 0 Å². The minimum atomic E-state index is -0.472. The van der Waals surface area contributed by atoms with Gasteiger partial charge in [0.05, 0.1) is 50.8 Å². The number of rotatable bonds is 22. The number of hydrogen-bond acceptors (Lipinski definition) is 12. The largest absolute Gasteiger partial charge is 0.494 e. The third kappa shape index (κ3) is 16.9. The lowest BCUT2D eigenvalue weighted by atomic mass is 9.91. The average Bonchev–Trinajstić information content (AvgIpc) is 2.93. The van der Waals surface area contributed by atoms with Crippen LogP contribution in [-0.4, -0.2) is 63.5 Å². The van der Waals surface area contributed by atoms with E-state index in [9.17, 15) is 19.2 Å². The highest BCUT2D eigenvalue weighted by Crippen LogP contribution is 2.46. The first-order chi connectivity index (χ1) is 41.2. The van der Waals surface area contributed by atoms with Crippen LogP contribution in [0, 0.1) is 0 Å². The Bertz CT molecular complexity index is 3380. The summed E-state index contributed by atoms with van der Waals surface area (Å²) in [5, 5.41) is 4.23. The molecule has 9 rings (SSSR count). The first-order valence-corrected chi connectivity index (χ1v) is 28.6. The Morgan fingerprint density at radius 1 is 0.393 bits per heavy atom. The Labute approximate surface area is 490 Å². The zero-order valence-electron chi connectivity index (χ0n) is 47.1. The van der Waals surface area contributed by atoms with Crippen LogP contribution >= 0.6 is 0 Å². The van der Waals surface area contributed by atoms with Crippen LogP contribution in [-0.2, 0) is 19.1 Å². The van der Waals surface area contributed by atoms with Crippen LogP contribution < -0.4 is 28.4 Å². The molecule has 84 heavy (non-hydrogen) atoms. The van der Waals surface area contributed by atoms with Crippen LogP contribution in [0.3, 0.4) is 0 Å². The van der Waals surface area contributed by atoms with E-state index in [1.165, 1.54) is 12.8 Å². The molecule has 0 N–H and O–H groups in total. The van der Waals surface area contributed by atoms with E-state index in [2.05, 4.69) is 86.0 Å². The molecule has 8 aromatic rings. The predicted molar refractivity (Wildman–Crippen MR) is 331 cm³/mol. The van der Waals surface area contributed by atoms with Crippen molar-refractivity contribution in [2.24, 2.45) is 0 Å². The fraction of sp³-hybridized carbons (Fsp3) is 0.222. The monoisotopic (exact) mass is 1120 g/mol. The highest BCUT2D eigenvalue weighted by atomic mass is 16.5. The molecule has 0 atom stereocenters. The van der Waals surface area contributed by atoms with Crippen LogP contribution in [0.4, 0.5) is 0 Å². The van der Waals surface area contributed by atoms with Gasteiger partial charge in [-0.2, -0.15) is 0 Å². The van der Waals surface area contributed by atoms with Crippen molar-refractivity contribution in [1.82, 2.24) is 0 Å². The molecule has 428 valence electrons. The normalized spacial score (nSPS) is 12.7. The van der Waals surface area contributed by atoms with Gasteiger partial charge in [-0.1, -0.05) is 124 Å².